The van der Waals surface area contributed by atoms with E-state index in [-0.39, 0.29) is 23.4 Å². The van der Waals surface area contributed by atoms with Crippen molar-refractivity contribution in [2.75, 3.05) is 38.2 Å². The Morgan fingerprint density at radius 2 is 1.72 bits per heavy atom. The van der Waals surface area contributed by atoms with Gasteiger partial charge in [-0.2, -0.15) is 0 Å². The largest absolute Gasteiger partial charge is 0.492 e. The van der Waals surface area contributed by atoms with Crippen LogP contribution in [-0.2, 0) is 6.54 Å². The molecule has 0 amide bonds. The zero-order valence-corrected chi connectivity index (χ0v) is 19.8. The van der Waals surface area contributed by atoms with Crippen molar-refractivity contribution in [1.29, 1.82) is 0 Å². The molecule has 0 aliphatic carbocycles. The van der Waals surface area contributed by atoms with Gasteiger partial charge in [-0.15, -0.1) is 0 Å². The van der Waals surface area contributed by atoms with Gasteiger partial charge < -0.3 is 24.6 Å². The molecule has 0 atom stereocenters. The quantitative estimate of drug-likeness (QED) is 0.428. The van der Waals surface area contributed by atoms with Gasteiger partial charge in [-0.25, -0.2) is 9.18 Å². The molecule has 1 saturated heterocycles. The number of methoxy groups -OCH3 is 1. The van der Waals surface area contributed by atoms with Gasteiger partial charge in [-0.1, -0.05) is 54.6 Å². The van der Waals surface area contributed by atoms with Crippen molar-refractivity contribution < 1.29 is 19.0 Å². The average molecular weight is 488 g/mol. The summed E-state index contributed by atoms with van der Waals surface area (Å²) in [6.07, 6.45) is 1.32. The number of hydrogen-bond donors (Lipinski definition) is 2. The van der Waals surface area contributed by atoms with Gasteiger partial charge in [0.15, 0.2) is 11.6 Å². The monoisotopic (exact) mass is 487 g/mol. The lowest BCUT2D eigenvalue weighted by Gasteiger charge is -2.31. The molecule has 0 spiro atoms. The number of halogens is 1. The van der Waals surface area contributed by atoms with Crippen LogP contribution in [0.5, 0.6) is 5.75 Å². The fourth-order valence-electron chi connectivity index (χ4n) is 4.77. The molecule has 0 saturated carbocycles. The molecule has 8 heteroatoms. The third kappa shape index (κ3) is 4.31. The molecule has 1 fully saturated rings. The molecule has 0 unspecified atom stereocenters. The minimum absolute atomic E-state index is 0.0240. The van der Waals surface area contributed by atoms with Gasteiger partial charge >= 0.3 is 5.97 Å². The molecule has 7 nitrogen and oxygen atoms in total. The van der Waals surface area contributed by atoms with E-state index in [2.05, 4.69) is 5.32 Å². The third-order valence-electron chi connectivity index (χ3n) is 6.53. The molecule has 3 aromatic carbocycles. The maximum atomic E-state index is 15.4. The first-order valence-electron chi connectivity index (χ1n) is 11.7. The topological polar surface area (TPSA) is 83.8 Å². The van der Waals surface area contributed by atoms with Crippen LogP contribution >= 0.6 is 0 Å². The number of ether oxygens (including phenoxy) is 1. The predicted molar refractivity (Wildman–Crippen MR) is 138 cm³/mol. The molecule has 1 aliphatic rings. The third-order valence-corrected chi connectivity index (χ3v) is 6.53. The summed E-state index contributed by atoms with van der Waals surface area (Å²) in [4.78, 5) is 26.8. The molecule has 1 aromatic heterocycles. The SMILES string of the molecule is COc1c(N2CCNCC2)c(F)cc2c(=O)c(C(=O)O)cn(Cc3ccc(-c4ccccc4)cc3)c12. The van der Waals surface area contributed by atoms with Crippen LogP contribution in [-0.4, -0.2) is 48.9 Å². The maximum absolute atomic E-state index is 15.4. The van der Waals surface area contributed by atoms with Crippen LogP contribution in [0.25, 0.3) is 22.0 Å². The first kappa shape index (κ1) is 23.6. The number of aromatic nitrogens is 1. The minimum Gasteiger partial charge on any atom is -0.492 e. The molecule has 1 aliphatic heterocycles. The first-order chi connectivity index (χ1) is 17.5. The summed E-state index contributed by atoms with van der Waals surface area (Å²) < 4.78 is 22.8. The highest BCUT2D eigenvalue weighted by molar-refractivity contribution is 5.97. The first-order valence-corrected chi connectivity index (χ1v) is 11.7. The summed E-state index contributed by atoms with van der Waals surface area (Å²) in [6.45, 7) is 2.82. The number of carbonyl (C=O) groups is 1. The second-order valence-electron chi connectivity index (χ2n) is 8.74. The number of aromatic carboxylic acids is 1. The predicted octanol–water partition coefficient (Wildman–Crippen LogP) is 3.97. The molecule has 36 heavy (non-hydrogen) atoms. The zero-order valence-electron chi connectivity index (χ0n) is 19.8. The van der Waals surface area contributed by atoms with E-state index in [0.717, 1.165) is 22.8 Å². The molecule has 4 aromatic rings. The summed E-state index contributed by atoms with van der Waals surface area (Å²) in [6, 6.07) is 19.0. The van der Waals surface area contributed by atoms with Gasteiger partial charge in [0, 0.05) is 38.9 Å². The lowest BCUT2D eigenvalue weighted by atomic mass is 10.0. The van der Waals surface area contributed by atoms with Crippen LogP contribution in [0.4, 0.5) is 10.1 Å². The van der Waals surface area contributed by atoms with Gasteiger partial charge in [-0.05, 0) is 22.8 Å². The summed E-state index contributed by atoms with van der Waals surface area (Å²) in [5, 5.41) is 12.9. The van der Waals surface area contributed by atoms with E-state index >= 15 is 4.39 Å². The van der Waals surface area contributed by atoms with Gasteiger partial charge in [-0.3, -0.25) is 4.79 Å². The Labute approximate surface area is 207 Å². The number of pyridine rings is 1. The normalized spacial score (nSPS) is 13.7. The number of fused-ring (bicyclic) bond motifs is 1. The van der Waals surface area contributed by atoms with Crippen LogP contribution in [0.15, 0.2) is 71.7 Å². The molecular formula is C28H26FN3O4. The highest BCUT2D eigenvalue weighted by Crippen LogP contribution is 2.38. The van der Waals surface area contributed by atoms with Crippen molar-refractivity contribution in [3.63, 3.8) is 0 Å². The van der Waals surface area contributed by atoms with E-state index in [4.69, 9.17) is 4.74 Å². The fraction of sp³-hybridized carbons (Fsp3) is 0.214. The number of benzene rings is 3. The van der Waals surface area contributed by atoms with E-state index in [0.29, 0.717) is 31.7 Å². The van der Waals surface area contributed by atoms with E-state index in [9.17, 15) is 14.7 Å². The molecule has 184 valence electrons. The highest BCUT2D eigenvalue weighted by atomic mass is 19.1. The minimum atomic E-state index is -1.36. The molecule has 2 N–H and O–H groups in total. The number of carboxylic acids is 1. The van der Waals surface area contributed by atoms with E-state index < -0.39 is 22.8 Å². The number of nitrogens with one attached hydrogen (secondary N) is 1. The second-order valence-corrected chi connectivity index (χ2v) is 8.74. The highest BCUT2D eigenvalue weighted by Gasteiger charge is 2.26. The van der Waals surface area contributed by atoms with Crippen molar-refractivity contribution in [3.05, 3.63) is 94.0 Å². The van der Waals surface area contributed by atoms with Crippen molar-refractivity contribution in [1.82, 2.24) is 9.88 Å². The van der Waals surface area contributed by atoms with Crippen molar-refractivity contribution >= 4 is 22.6 Å². The average Bonchev–Trinajstić information content (AvgIpc) is 2.90. The summed E-state index contributed by atoms with van der Waals surface area (Å²) in [5.74, 6) is -1.75. The van der Waals surface area contributed by atoms with E-state index in [1.165, 1.54) is 13.3 Å². The van der Waals surface area contributed by atoms with Gasteiger partial charge in [0.25, 0.3) is 0 Å². The molecule has 0 bridgehead atoms. The van der Waals surface area contributed by atoms with E-state index in [1.807, 2.05) is 59.5 Å². The van der Waals surface area contributed by atoms with E-state index in [1.54, 1.807) is 4.57 Å². The number of nitrogens with zero attached hydrogens (tertiary/aromatic N) is 2. The Morgan fingerprint density at radius 3 is 2.36 bits per heavy atom. The summed E-state index contributed by atoms with van der Waals surface area (Å²) in [5.41, 5.74) is 2.53. The Balaban J connectivity index is 1.66. The smallest absolute Gasteiger partial charge is 0.341 e. The molecule has 2 heterocycles. The van der Waals surface area contributed by atoms with Crippen LogP contribution in [0.1, 0.15) is 15.9 Å². The number of piperazine rings is 1. The number of anilines is 1. The zero-order chi connectivity index (χ0) is 25.2. The number of rotatable bonds is 6. The van der Waals surface area contributed by atoms with Crippen LogP contribution in [0, 0.1) is 5.82 Å². The lowest BCUT2D eigenvalue weighted by Crippen LogP contribution is -2.44. The number of carboxylic acid groups (broad SMARTS) is 1. The van der Waals surface area contributed by atoms with Gasteiger partial charge in [0.1, 0.15) is 11.3 Å². The molecule has 0 radical (unpaired) electrons. The summed E-state index contributed by atoms with van der Waals surface area (Å²) in [7, 11) is 1.44. The molecule has 5 rings (SSSR count). The van der Waals surface area contributed by atoms with Crippen LogP contribution in [0.3, 0.4) is 0 Å². The fourth-order valence-corrected chi connectivity index (χ4v) is 4.77. The Bertz CT molecular complexity index is 1480. The maximum Gasteiger partial charge on any atom is 0.341 e. The van der Waals surface area contributed by atoms with Crippen molar-refractivity contribution in [3.8, 4) is 16.9 Å². The Morgan fingerprint density at radius 1 is 1.06 bits per heavy atom. The van der Waals surface area contributed by atoms with Crippen LogP contribution < -0.4 is 20.4 Å². The van der Waals surface area contributed by atoms with Gasteiger partial charge in [0.2, 0.25) is 5.43 Å². The second kappa shape index (κ2) is 9.83. The lowest BCUT2D eigenvalue weighted by molar-refractivity contribution is 0.0695. The number of hydrogen-bond acceptors (Lipinski definition) is 5. The van der Waals surface area contributed by atoms with Gasteiger partial charge in [0.05, 0.1) is 18.0 Å². The van der Waals surface area contributed by atoms with Crippen molar-refractivity contribution in [2.24, 2.45) is 0 Å². The summed E-state index contributed by atoms with van der Waals surface area (Å²) >= 11 is 0. The Kier molecular flexibility index (Phi) is 6.43. The Hall–Kier alpha value is -4.17. The van der Waals surface area contributed by atoms with Crippen molar-refractivity contribution in [2.45, 2.75) is 6.54 Å². The van der Waals surface area contributed by atoms with Crippen LogP contribution in [0.2, 0.25) is 0 Å². The standard InChI is InChI=1S/C28H26FN3O4/c1-36-27-24-21(15-23(29)25(27)31-13-11-30-12-14-31)26(33)22(28(34)35)17-32(24)16-18-7-9-20(10-8-18)19-5-3-2-4-6-19/h2-10,15,17,30H,11-14,16H2,1H3,(H,34,35). The molecular weight excluding hydrogens is 461 g/mol.